The minimum atomic E-state index is 0. The SMILES string of the molecule is CCNC(=NCC1(C)COC1)NCCN1CCCCC1CC.I. The Hall–Kier alpha value is -0.0800. The van der Waals surface area contributed by atoms with Crippen LogP contribution in [0.4, 0.5) is 0 Å². The molecule has 0 bridgehead atoms. The molecular weight excluding hydrogens is 403 g/mol. The number of likely N-dealkylation sites (tertiary alicyclic amines) is 1. The summed E-state index contributed by atoms with van der Waals surface area (Å²) in [6.45, 7) is 13.4. The second-order valence-electron chi connectivity index (χ2n) is 7.02. The highest BCUT2D eigenvalue weighted by Crippen LogP contribution is 2.26. The molecule has 2 aliphatic heterocycles. The Morgan fingerprint density at radius 2 is 2.04 bits per heavy atom. The zero-order chi connectivity index (χ0) is 15.8. The van der Waals surface area contributed by atoms with Crippen LogP contribution in [0.5, 0.6) is 0 Å². The number of ether oxygens (including phenoxy) is 1. The lowest BCUT2D eigenvalue weighted by Crippen LogP contribution is -2.47. The lowest BCUT2D eigenvalue weighted by molar-refractivity contribution is -0.0945. The quantitative estimate of drug-likeness (QED) is 0.364. The molecule has 136 valence electrons. The van der Waals surface area contributed by atoms with Crippen LogP contribution in [-0.4, -0.2) is 62.8 Å². The lowest BCUT2D eigenvalue weighted by Gasteiger charge is -2.37. The molecule has 0 saturated carbocycles. The van der Waals surface area contributed by atoms with Gasteiger partial charge >= 0.3 is 0 Å². The van der Waals surface area contributed by atoms with Gasteiger partial charge < -0.3 is 15.4 Å². The molecule has 2 N–H and O–H groups in total. The number of rotatable bonds is 7. The molecule has 2 aliphatic rings. The van der Waals surface area contributed by atoms with Crippen molar-refractivity contribution >= 4 is 29.9 Å². The Morgan fingerprint density at radius 1 is 1.26 bits per heavy atom. The van der Waals surface area contributed by atoms with Crippen molar-refractivity contribution in [1.29, 1.82) is 0 Å². The molecule has 0 aromatic rings. The van der Waals surface area contributed by atoms with Gasteiger partial charge in [0.25, 0.3) is 0 Å². The van der Waals surface area contributed by atoms with Crippen LogP contribution in [0.25, 0.3) is 0 Å². The van der Waals surface area contributed by atoms with Crippen LogP contribution in [0.2, 0.25) is 0 Å². The summed E-state index contributed by atoms with van der Waals surface area (Å²) >= 11 is 0. The van der Waals surface area contributed by atoms with E-state index in [1.807, 2.05) is 0 Å². The molecule has 1 atom stereocenters. The van der Waals surface area contributed by atoms with E-state index in [1.54, 1.807) is 0 Å². The minimum Gasteiger partial charge on any atom is -0.380 e. The monoisotopic (exact) mass is 438 g/mol. The molecule has 6 heteroatoms. The third kappa shape index (κ3) is 6.74. The van der Waals surface area contributed by atoms with E-state index in [9.17, 15) is 0 Å². The van der Waals surface area contributed by atoms with Crippen LogP contribution >= 0.6 is 24.0 Å². The van der Waals surface area contributed by atoms with E-state index in [2.05, 4.69) is 36.3 Å². The smallest absolute Gasteiger partial charge is 0.191 e. The third-order valence-electron chi connectivity index (χ3n) is 4.78. The summed E-state index contributed by atoms with van der Waals surface area (Å²) in [5, 5.41) is 6.84. The Morgan fingerprint density at radius 3 is 2.65 bits per heavy atom. The van der Waals surface area contributed by atoms with Gasteiger partial charge in [0.15, 0.2) is 5.96 Å². The first kappa shape index (κ1) is 21.0. The van der Waals surface area contributed by atoms with Gasteiger partial charge in [-0.25, -0.2) is 0 Å². The van der Waals surface area contributed by atoms with Gasteiger partial charge in [-0.05, 0) is 32.7 Å². The molecule has 0 aromatic carbocycles. The maximum absolute atomic E-state index is 5.30. The first-order valence-corrected chi connectivity index (χ1v) is 9.01. The maximum Gasteiger partial charge on any atom is 0.191 e. The molecule has 1 unspecified atom stereocenters. The Balaban J connectivity index is 0.00000264. The van der Waals surface area contributed by atoms with Gasteiger partial charge in [-0.2, -0.15) is 0 Å². The van der Waals surface area contributed by atoms with E-state index in [0.29, 0.717) is 0 Å². The third-order valence-corrected chi connectivity index (χ3v) is 4.78. The number of hydrogen-bond acceptors (Lipinski definition) is 3. The molecule has 5 nitrogen and oxygen atoms in total. The first-order chi connectivity index (χ1) is 10.7. The number of guanidine groups is 1. The lowest BCUT2D eigenvalue weighted by atomic mass is 9.89. The fraction of sp³-hybridized carbons (Fsp3) is 0.941. The first-order valence-electron chi connectivity index (χ1n) is 9.01. The molecular formula is C17H35IN4O. The molecule has 0 radical (unpaired) electrons. The van der Waals surface area contributed by atoms with Gasteiger partial charge in [-0.15, -0.1) is 24.0 Å². The van der Waals surface area contributed by atoms with E-state index in [1.165, 1.54) is 32.2 Å². The van der Waals surface area contributed by atoms with Crippen LogP contribution in [0.1, 0.15) is 46.5 Å². The van der Waals surface area contributed by atoms with Crippen LogP contribution < -0.4 is 10.6 Å². The van der Waals surface area contributed by atoms with E-state index >= 15 is 0 Å². The van der Waals surface area contributed by atoms with Crippen molar-refractivity contribution in [3.05, 3.63) is 0 Å². The van der Waals surface area contributed by atoms with Crippen LogP contribution in [0, 0.1) is 5.41 Å². The predicted octanol–water partition coefficient (Wildman–Crippen LogP) is 2.46. The molecule has 2 rings (SSSR count). The van der Waals surface area contributed by atoms with Gasteiger partial charge in [0.2, 0.25) is 0 Å². The van der Waals surface area contributed by atoms with Gasteiger partial charge in [-0.3, -0.25) is 9.89 Å². The van der Waals surface area contributed by atoms with Crippen molar-refractivity contribution in [2.24, 2.45) is 10.4 Å². The van der Waals surface area contributed by atoms with Crippen molar-refractivity contribution in [3.63, 3.8) is 0 Å². The summed E-state index contributed by atoms with van der Waals surface area (Å²) in [7, 11) is 0. The average molecular weight is 438 g/mol. The van der Waals surface area contributed by atoms with Crippen molar-refractivity contribution in [3.8, 4) is 0 Å². The topological polar surface area (TPSA) is 48.9 Å². The van der Waals surface area contributed by atoms with E-state index in [4.69, 9.17) is 9.73 Å². The zero-order valence-corrected chi connectivity index (χ0v) is 17.4. The number of nitrogens with zero attached hydrogens (tertiary/aromatic N) is 2. The predicted molar refractivity (Wildman–Crippen MR) is 108 cm³/mol. The molecule has 2 heterocycles. The molecule has 23 heavy (non-hydrogen) atoms. The highest BCUT2D eigenvalue weighted by atomic mass is 127. The average Bonchev–Trinajstić information content (AvgIpc) is 2.51. The maximum atomic E-state index is 5.30. The summed E-state index contributed by atoms with van der Waals surface area (Å²) < 4.78 is 5.30. The standard InChI is InChI=1S/C17H34N4O.HI/c1-4-15-8-6-7-10-21(15)11-9-19-16(18-5-2)20-12-17(3)13-22-14-17;/h15H,4-14H2,1-3H3,(H2,18,19,20);1H. The molecule has 0 amide bonds. The van der Waals surface area contributed by atoms with Crippen molar-refractivity contribution < 1.29 is 4.74 Å². The Kier molecular flexibility index (Phi) is 9.77. The van der Waals surface area contributed by atoms with Crippen molar-refractivity contribution in [1.82, 2.24) is 15.5 Å². The van der Waals surface area contributed by atoms with Crippen LogP contribution in [-0.2, 0) is 4.74 Å². The number of aliphatic imine (C=N–C) groups is 1. The number of piperidine rings is 1. The summed E-state index contributed by atoms with van der Waals surface area (Å²) in [6, 6.07) is 0.779. The normalized spacial score (nSPS) is 24.5. The summed E-state index contributed by atoms with van der Waals surface area (Å²) in [5.74, 6) is 0.945. The van der Waals surface area contributed by atoms with Gasteiger partial charge in [0.1, 0.15) is 0 Å². The molecule has 2 fully saturated rings. The Labute approximate surface area is 159 Å². The zero-order valence-electron chi connectivity index (χ0n) is 15.1. The summed E-state index contributed by atoms with van der Waals surface area (Å²) in [6.07, 6.45) is 5.38. The number of halogens is 1. The van der Waals surface area contributed by atoms with Gasteiger partial charge in [-0.1, -0.05) is 20.3 Å². The van der Waals surface area contributed by atoms with E-state index < -0.39 is 0 Å². The fourth-order valence-corrected chi connectivity index (χ4v) is 3.29. The van der Waals surface area contributed by atoms with Gasteiger partial charge in [0.05, 0.1) is 19.8 Å². The molecule has 0 aromatic heterocycles. The second-order valence-corrected chi connectivity index (χ2v) is 7.02. The molecule has 0 spiro atoms. The molecule has 0 aliphatic carbocycles. The van der Waals surface area contributed by atoms with Gasteiger partial charge in [0, 0.05) is 31.1 Å². The number of nitrogens with one attached hydrogen (secondary N) is 2. The largest absolute Gasteiger partial charge is 0.380 e. The minimum absolute atomic E-state index is 0. The number of hydrogen-bond donors (Lipinski definition) is 2. The van der Waals surface area contributed by atoms with E-state index in [-0.39, 0.29) is 29.4 Å². The molecule has 2 saturated heterocycles. The Bertz CT molecular complexity index is 361. The highest BCUT2D eigenvalue weighted by molar-refractivity contribution is 14.0. The van der Waals surface area contributed by atoms with Crippen LogP contribution in [0.3, 0.4) is 0 Å². The second kappa shape index (κ2) is 10.7. The summed E-state index contributed by atoms with van der Waals surface area (Å²) in [4.78, 5) is 7.36. The van der Waals surface area contributed by atoms with Crippen molar-refractivity contribution in [2.75, 3.05) is 45.9 Å². The van der Waals surface area contributed by atoms with Crippen LogP contribution in [0.15, 0.2) is 4.99 Å². The van der Waals surface area contributed by atoms with Crippen molar-refractivity contribution in [2.45, 2.75) is 52.5 Å². The highest BCUT2D eigenvalue weighted by Gasteiger charge is 2.33. The fourth-order valence-electron chi connectivity index (χ4n) is 3.29. The summed E-state index contributed by atoms with van der Waals surface area (Å²) in [5.41, 5.74) is 0.239. The van der Waals surface area contributed by atoms with E-state index in [0.717, 1.165) is 51.4 Å².